The van der Waals surface area contributed by atoms with Gasteiger partial charge in [0.1, 0.15) is 0 Å². The van der Waals surface area contributed by atoms with E-state index in [-0.39, 0.29) is 0 Å². The second-order valence-electron chi connectivity index (χ2n) is 7.60. The molecule has 1 aliphatic heterocycles. The van der Waals surface area contributed by atoms with Gasteiger partial charge in [0.05, 0.1) is 6.61 Å². The van der Waals surface area contributed by atoms with Crippen LogP contribution in [0.2, 0.25) is 0 Å². The van der Waals surface area contributed by atoms with Crippen molar-refractivity contribution >= 4 is 0 Å². The van der Waals surface area contributed by atoms with Crippen molar-refractivity contribution in [1.29, 1.82) is 0 Å². The molecule has 1 N–H and O–H groups in total. The molecule has 1 aliphatic rings. The lowest BCUT2D eigenvalue weighted by Crippen LogP contribution is -2.43. The highest BCUT2D eigenvalue weighted by atomic mass is 16.6. The lowest BCUT2D eigenvalue weighted by atomic mass is 9.99. The van der Waals surface area contributed by atoms with Crippen LogP contribution in [0.15, 0.2) is 0 Å². The molecule has 1 rings (SSSR count). The van der Waals surface area contributed by atoms with Gasteiger partial charge in [0.2, 0.25) is 0 Å². The third-order valence-electron chi connectivity index (χ3n) is 5.28. The van der Waals surface area contributed by atoms with E-state index in [1.807, 2.05) is 0 Å². The molecule has 2 heteroatoms. The molecule has 1 fully saturated rings. The summed E-state index contributed by atoms with van der Waals surface area (Å²) in [7, 11) is 0. The molecule has 1 atom stereocenters. The van der Waals surface area contributed by atoms with Crippen LogP contribution in [0.25, 0.3) is 0 Å². The molecule has 0 radical (unpaired) electrons. The molecule has 0 aliphatic carbocycles. The van der Waals surface area contributed by atoms with Crippen molar-refractivity contribution < 1.29 is 9.84 Å². The number of aliphatic hydroxyl groups is 1. The van der Waals surface area contributed by atoms with E-state index in [1.165, 1.54) is 96.3 Å². The summed E-state index contributed by atoms with van der Waals surface area (Å²) < 4.78 is 5.20. The topological polar surface area (TPSA) is 29.5 Å². The molecule has 0 aromatic carbocycles. The standard InChI is InChI=1S/C21H42O2/c1-2-3-4-5-6-7-8-9-10-11-12-13-14-15-16-17-18-21(22)19-20-23-21/h22H,2-20H2,1H3. The predicted molar refractivity (Wildman–Crippen MR) is 99.7 cm³/mol. The molecule has 138 valence electrons. The minimum atomic E-state index is -0.740. The lowest BCUT2D eigenvalue weighted by Gasteiger charge is -2.36. The quantitative estimate of drug-likeness (QED) is 0.300. The van der Waals surface area contributed by atoms with Crippen molar-refractivity contribution in [2.24, 2.45) is 0 Å². The van der Waals surface area contributed by atoms with E-state index in [4.69, 9.17) is 4.74 Å². The van der Waals surface area contributed by atoms with Gasteiger partial charge >= 0.3 is 0 Å². The Morgan fingerprint density at radius 3 is 1.30 bits per heavy atom. The van der Waals surface area contributed by atoms with Crippen LogP contribution in [0.4, 0.5) is 0 Å². The zero-order valence-corrected chi connectivity index (χ0v) is 15.8. The highest BCUT2D eigenvalue weighted by Gasteiger charge is 2.34. The Labute approximate surface area is 145 Å². The largest absolute Gasteiger partial charge is 0.365 e. The first-order chi connectivity index (χ1) is 11.3. The maximum absolute atomic E-state index is 9.80. The average Bonchev–Trinajstić information content (AvgIpc) is 2.53. The maximum atomic E-state index is 9.80. The highest BCUT2D eigenvalue weighted by Crippen LogP contribution is 2.28. The Hall–Kier alpha value is -0.0800. The summed E-state index contributed by atoms with van der Waals surface area (Å²) in [5, 5.41) is 9.80. The van der Waals surface area contributed by atoms with Crippen LogP contribution in [0, 0.1) is 0 Å². The minimum Gasteiger partial charge on any atom is -0.365 e. The monoisotopic (exact) mass is 326 g/mol. The first-order valence-electron chi connectivity index (χ1n) is 10.6. The van der Waals surface area contributed by atoms with Crippen molar-refractivity contribution in [3.63, 3.8) is 0 Å². The molecule has 1 saturated heterocycles. The summed E-state index contributed by atoms with van der Waals surface area (Å²) in [6.45, 7) is 3.03. The molecule has 0 bridgehead atoms. The molecule has 0 aromatic heterocycles. The van der Waals surface area contributed by atoms with Gasteiger partial charge in [0, 0.05) is 12.8 Å². The predicted octanol–water partition coefficient (Wildman–Crippen LogP) is 6.75. The van der Waals surface area contributed by atoms with Crippen LogP contribution >= 0.6 is 0 Å². The number of rotatable bonds is 17. The Morgan fingerprint density at radius 2 is 1.00 bits per heavy atom. The summed E-state index contributed by atoms with van der Waals surface area (Å²) in [5.74, 6) is -0.740. The third kappa shape index (κ3) is 12.0. The van der Waals surface area contributed by atoms with Gasteiger partial charge in [-0.1, -0.05) is 103 Å². The zero-order chi connectivity index (χ0) is 16.6. The lowest BCUT2D eigenvalue weighted by molar-refractivity contribution is -0.285. The van der Waals surface area contributed by atoms with Crippen LogP contribution in [0.5, 0.6) is 0 Å². The van der Waals surface area contributed by atoms with E-state index in [1.54, 1.807) is 0 Å². The van der Waals surface area contributed by atoms with E-state index in [0.29, 0.717) is 0 Å². The van der Waals surface area contributed by atoms with E-state index < -0.39 is 5.79 Å². The molecular formula is C21H42O2. The fourth-order valence-electron chi connectivity index (χ4n) is 3.48. The molecule has 1 heterocycles. The summed E-state index contributed by atoms with van der Waals surface area (Å²) in [6, 6.07) is 0. The normalized spacial score (nSPS) is 20.6. The van der Waals surface area contributed by atoms with E-state index in [2.05, 4.69) is 6.92 Å². The fraction of sp³-hybridized carbons (Fsp3) is 1.00. The Balaban J connectivity index is 1.65. The number of hydrogen-bond donors (Lipinski definition) is 1. The molecule has 0 aromatic rings. The van der Waals surface area contributed by atoms with Crippen LogP contribution in [0.3, 0.4) is 0 Å². The summed E-state index contributed by atoms with van der Waals surface area (Å²) in [4.78, 5) is 0. The van der Waals surface area contributed by atoms with Gasteiger partial charge in [-0.15, -0.1) is 0 Å². The smallest absolute Gasteiger partial charge is 0.167 e. The fourth-order valence-corrected chi connectivity index (χ4v) is 3.48. The van der Waals surface area contributed by atoms with Gasteiger partial charge < -0.3 is 9.84 Å². The van der Waals surface area contributed by atoms with E-state index >= 15 is 0 Å². The molecule has 1 unspecified atom stereocenters. The summed E-state index contributed by atoms with van der Waals surface area (Å²) in [6.07, 6.45) is 24.0. The van der Waals surface area contributed by atoms with Crippen LogP contribution < -0.4 is 0 Å². The van der Waals surface area contributed by atoms with Gasteiger partial charge in [0.15, 0.2) is 5.79 Å². The first kappa shape index (κ1) is 21.0. The Morgan fingerprint density at radius 1 is 0.652 bits per heavy atom. The maximum Gasteiger partial charge on any atom is 0.167 e. The van der Waals surface area contributed by atoms with Crippen LogP contribution in [-0.2, 0) is 4.74 Å². The number of ether oxygens (including phenoxy) is 1. The molecular weight excluding hydrogens is 284 g/mol. The van der Waals surface area contributed by atoms with Gasteiger partial charge in [-0.2, -0.15) is 0 Å². The Kier molecular flexibility index (Phi) is 13.0. The molecule has 2 nitrogen and oxygen atoms in total. The Bertz CT molecular complexity index is 248. The van der Waals surface area contributed by atoms with E-state index in [0.717, 1.165) is 25.9 Å². The summed E-state index contributed by atoms with van der Waals surface area (Å²) in [5.41, 5.74) is 0. The molecule has 23 heavy (non-hydrogen) atoms. The first-order valence-corrected chi connectivity index (χ1v) is 10.6. The van der Waals surface area contributed by atoms with Gasteiger partial charge in [-0.05, 0) is 6.42 Å². The van der Waals surface area contributed by atoms with Crippen LogP contribution in [0.1, 0.15) is 122 Å². The molecule has 0 saturated carbocycles. The SMILES string of the molecule is CCCCCCCCCCCCCCCCCCC1(O)CCO1. The van der Waals surface area contributed by atoms with Gasteiger partial charge in [-0.3, -0.25) is 0 Å². The van der Waals surface area contributed by atoms with E-state index in [9.17, 15) is 5.11 Å². The number of hydrogen-bond acceptors (Lipinski definition) is 2. The second kappa shape index (κ2) is 14.3. The van der Waals surface area contributed by atoms with Gasteiger partial charge in [0.25, 0.3) is 0 Å². The van der Waals surface area contributed by atoms with Crippen molar-refractivity contribution in [3.8, 4) is 0 Å². The zero-order valence-electron chi connectivity index (χ0n) is 15.8. The molecule has 0 spiro atoms. The molecule has 0 amide bonds. The van der Waals surface area contributed by atoms with Crippen molar-refractivity contribution in [1.82, 2.24) is 0 Å². The van der Waals surface area contributed by atoms with Gasteiger partial charge in [-0.25, -0.2) is 0 Å². The van der Waals surface area contributed by atoms with Crippen molar-refractivity contribution in [2.75, 3.05) is 6.61 Å². The summed E-state index contributed by atoms with van der Waals surface area (Å²) >= 11 is 0. The average molecular weight is 327 g/mol. The van der Waals surface area contributed by atoms with Crippen molar-refractivity contribution in [3.05, 3.63) is 0 Å². The van der Waals surface area contributed by atoms with Crippen molar-refractivity contribution in [2.45, 2.75) is 128 Å². The third-order valence-corrected chi connectivity index (χ3v) is 5.28. The number of unbranched alkanes of at least 4 members (excludes halogenated alkanes) is 15. The highest BCUT2D eigenvalue weighted by molar-refractivity contribution is 4.74. The van der Waals surface area contributed by atoms with Crippen LogP contribution in [-0.4, -0.2) is 17.5 Å². The second-order valence-corrected chi connectivity index (χ2v) is 7.60. The minimum absolute atomic E-state index is 0.740.